The average molecular weight is 350 g/mol. The van der Waals surface area contributed by atoms with Crippen molar-refractivity contribution < 1.29 is 18.7 Å². The van der Waals surface area contributed by atoms with Crippen LogP contribution in [-0.4, -0.2) is 29.5 Å². The first-order valence-corrected chi connectivity index (χ1v) is 8.70. The van der Waals surface area contributed by atoms with E-state index in [-0.39, 0.29) is 25.0 Å². The van der Waals surface area contributed by atoms with Crippen LogP contribution in [0.4, 0.5) is 0 Å². The Labute approximate surface area is 145 Å². The van der Waals surface area contributed by atoms with E-state index in [4.69, 9.17) is 9.15 Å². The van der Waals surface area contributed by atoms with Crippen molar-refractivity contribution in [1.29, 1.82) is 0 Å². The van der Waals surface area contributed by atoms with Crippen molar-refractivity contribution in [2.24, 2.45) is 5.92 Å². The smallest absolute Gasteiger partial charge is 0.312 e. The van der Waals surface area contributed by atoms with Gasteiger partial charge in [-0.1, -0.05) is 19.9 Å². The maximum absolute atomic E-state index is 11.9. The predicted octanol–water partition coefficient (Wildman–Crippen LogP) is 2.96. The summed E-state index contributed by atoms with van der Waals surface area (Å²) >= 11 is 1.51. The fourth-order valence-corrected chi connectivity index (χ4v) is 2.54. The van der Waals surface area contributed by atoms with Crippen LogP contribution in [0.5, 0.6) is 0 Å². The molecule has 2 rings (SSSR count). The molecule has 1 amide bonds. The summed E-state index contributed by atoms with van der Waals surface area (Å²) in [7, 11) is 0. The molecule has 130 valence electrons. The second kappa shape index (κ2) is 8.10. The number of nitrogens with zero attached hydrogens (tertiary/aromatic N) is 1. The first-order chi connectivity index (χ1) is 11.4. The molecule has 0 saturated carbocycles. The lowest BCUT2D eigenvalue weighted by Crippen LogP contribution is -2.38. The third-order valence-corrected chi connectivity index (χ3v) is 4.55. The Bertz CT molecular complexity index is 692. The third kappa shape index (κ3) is 4.92. The van der Waals surface area contributed by atoms with Gasteiger partial charge in [0.05, 0.1) is 17.0 Å². The highest BCUT2D eigenvalue weighted by atomic mass is 32.1. The van der Waals surface area contributed by atoms with E-state index in [1.807, 2.05) is 38.3 Å². The Morgan fingerprint density at radius 2 is 2.12 bits per heavy atom. The number of rotatable bonds is 7. The minimum absolute atomic E-state index is 0.0201. The fourth-order valence-electron chi connectivity index (χ4n) is 1.89. The molecule has 6 nitrogen and oxygen atoms in total. The van der Waals surface area contributed by atoms with Gasteiger partial charge in [-0.05, 0) is 31.2 Å². The Morgan fingerprint density at radius 1 is 1.38 bits per heavy atom. The molecule has 0 aromatic carbocycles. The van der Waals surface area contributed by atoms with Crippen LogP contribution in [0.2, 0.25) is 0 Å². The summed E-state index contributed by atoms with van der Waals surface area (Å²) in [5, 5.41) is 4.71. The van der Waals surface area contributed by atoms with Crippen molar-refractivity contribution in [3.05, 3.63) is 29.0 Å². The zero-order valence-electron chi connectivity index (χ0n) is 14.3. The summed E-state index contributed by atoms with van der Waals surface area (Å²) in [6.07, 6.45) is -0.0201. The zero-order valence-corrected chi connectivity index (χ0v) is 15.1. The van der Waals surface area contributed by atoms with Crippen LogP contribution in [0.25, 0.3) is 10.8 Å². The largest absolute Gasteiger partial charge is 0.455 e. The zero-order chi connectivity index (χ0) is 17.7. The minimum Gasteiger partial charge on any atom is -0.455 e. The molecule has 0 spiro atoms. The van der Waals surface area contributed by atoms with Crippen molar-refractivity contribution in [2.75, 3.05) is 6.61 Å². The molecule has 0 aliphatic heterocycles. The maximum Gasteiger partial charge on any atom is 0.312 e. The van der Waals surface area contributed by atoms with Crippen molar-refractivity contribution in [1.82, 2.24) is 10.3 Å². The molecular formula is C17H22N2O4S. The number of carbonyl (C=O) groups is 2. The van der Waals surface area contributed by atoms with Gasteiger partial charge in [-0.3, -0.25) is 9.59 Å². The van der Waals surface area contributed by atoms with E-state index >= 15 is 0 Å². The Kier molecular flexibility index (Phi) is 6.14. The highest BCUT2D eigenvalue weighted by molar-refractivity contribution is 7.13. The van der Waals surface area contributed by atoms with Crippen molar-refractivity contribution in [2.45, 2.75) is 40.2 Å². The van der Waals surface area contributed by atoms with Gasteiger partial charge in [-0.15, -0.1) is 11.3 Å². The third-order valence-electron chi connectivity index (χ3n) is 3.69. The number of ether oxygens (including phenoxy) is 1. The van der Waals surface area contributed by atoms with Gasteiger partial charge in [-0.2, -0.15) is 0 Å². The Morgan fingerprint density at radius 3 is 2.75 bits per heavy atom. The summed E-state index contributed by atoms with van der Waals surface area (Å²) in [6.45, 7) is 7.40. The van der Waals surface area contributed by atoms with Crippen LogP contribution in [0.1, 0.15) is 32.2 Å². The SMILES string of the molecule is Cc1oc(-c2cccs2)nc1CC(=O)OCC(=O)N[C@@H](C)C(C)C. The van der Waals surface area contributed by atoms with Crippen molar-refractivity contribution in [3.8, 4) is 10.8 Å². The molecule has 2 heterocycles. The van der Waals surface area contributed by atoms with Gasteiger partial charge in [0.2, 0.25) is 5.89 Å². The number of aromatic nitrogens is 1. The summed E-state index contributed by atoms with van der Waals surface area (Å²) in [4.78, 5) is 28.9. The molecule has 7 heteroatoms. The van der Waals surface area contributed by atoms with Gasteiger partial charge in [-0.25, -0.2) is 4.98 Å². The molecule has 24 heavy (non-hydrogen) atoms. The maximum atomic E-state index is 11.9. The highest BCUT2D eigenvalue weighted by Gasteiger charge is 2.17. The van der Waals surface area contributed by atoms with Crippen molar-refractivity contribution in [3.63, 3.8) is 0 Å². The van der Waals surface area contributed by atoms with Gasteiger partial charge in [0, 0.05) is 6.04 Å². The first kappa shape index (κ1) is 18.2. The van der Waals surface area contributed by atoms with E-state index in [2.05, 4.69) is 10.3 Å². The highest BCUT2D eigenvalue weighted by Crippen LogP contribution is 2.26. The van der Waals surface area contributed by atoms with E-state index in [0.29, 0.717) is 23.3 Å². The summed E-state index contributed by atoms with van der Waals surface area (Å²) < 4.78 is 10.6. The molecule has 0 aliphatic rings. The summed E-state index contributed by atoms with van der Waals surface area (Å²) in [5.74, 6) is 0.581. The molecule has 2 aromatic rings. The number of nitrogens with one attached hydrogen (secondary N) is 1. The molecule has 0 fully saturated rings. The summed E-state index contributed by atoms with van der Waals surface area (Å²) in [6, 6.07) is 3.84. The number of carbonyl (C=O) groups excluding carboxylic acids is 2. The topological polar surface area (TPSA) is 81.4 Å². The fraction of sp³-hybridized carbons (Fsp3) is 0.471. The number of esters is 1. The number of hydrogen-bond donors (Lipinski definition) is 1. The molecule has 0 aliphatic carbocycles. The molecule has 1 N–H and O–H groups in total. The molecule has 1 atom stereocenters. The van der Waals surface area contributed by atoms with E-state index in [1.54, 1.807) is 6.92 Å². The lowest BCUT2D eigenvalue weighted by Gasteiger charge is -2.17. The van der Waals surface area contributed by atoms with E-state index in [9.17, 15) is 9.59 Å². The Hall–Kier alpha value is -2.15. The standard InChI is InChI=1S/C17H22N2O4S/c1-10(2)11(3)18-15(20)9-22-16(21)8-13-12(4)23-17(19-13)14-6-5-7-24-14/h5-7,10-11H,8-9H2,1-4H3,(H,18,20)/t11-/m0/s1. The lowest BCUT2D eigenvalue weighted by molar-refractivity contribution is -0.148. The van der Waals surface area contributed by atoms with E-state index in [1.165, 1.54) is 11.3 Å². The first-order valence-electron chi connectivity index (χ1n) is 7.82. The quantitative estimate of drug-likeness (QED) is 0.777. The second-order valence-electron chi connectivity index (χ2n) is 5.94. The monoisotopic (exact) mass is 350 g/mol. The molecular weight excluding hydrogens is 328 g/mol. The van der Waals surface area contributed by atoms with Crippen LogP contribution in [0, 0.1) is 12.8 Å². The van der Waals surface area contributed by atoms with Gasteiger partial charge in [0.1, 0.15) is 5.76 Å². The van der Waals surface area contributed by atoms with E-state index < -0.39 is 5.97 Å². The average Bonchev–Trinajstić information content (AvgIpc) is 3.15. The van der Waals surface area contributed by atoms with Gasteiger partial charge >= 0.3 is 5.97 Å². The normalized spacial score (nSPS) is 12.2. The van der Waals surface area contributed by atoms with Gasteiger partial charge < -0.3 is 14.5 Å². The van der Waals surface area contributed by atoms with Gasteiger partial charge in [0.15, 0.2) is 6.61 Å². The second-order valence-corrected chi connectivity index (χ2v) is 6.88. The van der Waals surface area contributed by atoms with Crippen LogP contribution in [-0.2, 0) is 20.7 Å². The molecule has 0 saturated heterocycles. The predicted molar refractivity (Wildman–Crippen MR) is 91.7 cm³/mol. The number of aryl methyl sites for hydroxylation is 1. The molecule has 0 bridgehead atoms. The number of amides is 1. The molecule has 0 radical (unpaired) electrons. The van der Waals surface area contributed by atoms with Gasteiger partial charge in [0.25, 0.3) is 5.91 Å². The van der Waals surface area contributed by atoms with E-state index in [0.717, 1.165) is 4.88 Å². The van der Waals surface area contributed by atoms with Crippen LogP contribution in [0.3, 0.4) is 0 Å². The molecule has 0 unspecified atom stereocenters. The Balaban J connectivity index is 1.86. The summed E-state index contributed by atoms with van der Waals surface area (Å²) in [5.41, 5.74) is 0.527. The van der Waals surface area contributed by atoms with Crippen LogP contribution < -0.4 is 5.32 Å². The number of oxazole rings is 1. The minimum atomic E-state index is -0.503. The van der Waals surface area contributed by atoms with Crippen molar-refractivity contribution >= 4 is 23.2 Å². The number of thiophene rings is 1. The lowest BCUT2D eigenvalue weighted by atomic mass is 10.1. The molecule has 2 aromatic heterocycles. The number of hydrogen-bond acceptors (Lipinski definition) is 6. The van der Waals surface area contributed by atoms with Crippen LogP contribution in [0.15, 0.2) is 21.9 Å². The van der Waals surface area contributed by atoms with Crippen LogP contribution >= 0.6 is 11.3 Å².